The van der Waals surface area contributed by atoms with Gasteiger partial charge in [0, 0.05) is 0 Å². The van der Waals surface area contributed by atoms with Crippen LogP contribution >= 0.6 is 0 Å². The maximum atomic E-state index is 12.1. The average molecular weight is 205 g/mol. The van der Waals surface area contributed by atoms with Crippen molar-refractivity contribution in [3.8, 4) is 0 Å². The van der Waals surface area contributed by atoms with E-state index in [2.05, 4.69) is 0 Å². The van der Waals surface area contributed by atoms with Crippen molar-refractivity contribution < 1.29 is 21.6 Å². The lowest BCUT2D eigenvalue weighted by Crippen LogP contribution is -2.51. The Bertz CT molecular complexity index is 254. The van der Waals surface area contributed by atoms with Crippen molar-refractivity contribution in [1.82, 2.24) is 4.72 Å². The molecule has 0 amide bonds. The van der Waals surface area contributed by atoms with Gasteiger partial charge in [-0.2, -0.15) is 13.2 Å². The van der Waals surface area contributed by atoms with Crippen LogP contribution in [-0.4, -0.2) is 26.4 Å². The number of halogens is 3. The summed E-state index contributed by atoms with van der Waals surface area (Å²) < 4.78 is 56.8. The molecular weight excluding hydrogens is 195 g/mol. The topological polar surface area (TPSA) is 46.2 Å². The fourth-order valence-electron chi connectivity index (χ4n) is 0.408. The van der Waals surface area contributed by atoms with E-state index in [4.69, 9.17) is 0 Å². The Morgan fingerprint density at radius 3 is 1.58 bits per heavy atom. The van der Waals surface area contributed by atoms with Crippen LogP contribution in [0, 0.1) is 0 Å². The van der Waals surface area contributed by atoms with E-state index in [1.54, 1.807) is 4.72 Å². The van der Waals surface area contributed by atoms with Crippen molar-refractivity contribution in [1.29, 1.82) is 0 Å². The van der Waals surface area contributed by atoms with Crippen molar-refractivity contribution >= 4 is 10.0 Å². The second-order valence-electron chi connectivity index (χ2n) is 2.72. The Morgan fingerprint density at radius 1 is 1.17 bits per heavy atom. The van der Waals surface area contributed by atoms with E-state index >= 15 is 0 Å². The fraction of sp³-hybridized carbons (Fsp3) is 1.00. The molecule has 0 rings (SSSR count). The molecule has 0 spiro atoms. The molecule has 0 saturated heterocycles. The Morgan fingerprint density at radius 2 is 1.50 bits per heavy atom. The third-order valence-corrected chi connectivity index (χ3v) is 3.74. The molecule has 3 nitrogen and oxygen atoms in total. The summed E-state index contributed by atoms with van der Waals surface area (Å²) in [5.41, 5.74) is 0. The summed E-state index contributed by atoms with van der Waals surface area (Å²) in [4.78, 5) is 0. The molecule has 0 aliphatic carbocycles. The van der Waals surface area contributed by atoms with Gasteiger partial charge in [-0.3, -0.25) is 0 Å². The van der Waals surface area contributed by atoms with Gasteiger partial charge in [-0.1, -0.05) is 0 Å². The van der Waals surface area contributed by atoms with Gasteiger partial charge in [0.1, 0.15) is 0 Å². The molecule has 0 atom stereocenters. The molecule has 7 heteroatoms. The molecule has 0 saturated carbocycles. The Kier molecular flexibility index (Phi) is 2.81. The highest BCUT2D eigenvalue weighted by Gasteiger charge is 2.56. The van der Waals surface area contributed by atoms with Crippen LogP contribution in [0.2, 0.25) is 0 Å². The summed E-state index contributed by atoms with van der Waals surface area (Å²) in [5.74, 6) is 0. The maximum absolute atomic E-state index is 12.1. The van der Waals surface area contributed by atoms with Gasteiger partial charge in [0.2, 0.25) is 10.0 Å². The third kappa shape index (κ3) is 1.71. The highest BCUT2D eigenvalue weighted by atomic mass is 32.2. The van der Waals surface area contributed by atoms with E-state index in [1.807, 2.05) is 0 Å². The number of rotatable bonds is 2. The minimum absolute atomic E-state index is 0.610. The molecule has 0 radical (unpaired) electrons. The van der Waals surface area contributed by atoms with Crippen LogP contribution in [0.15, 0.2) is 0 Å². The van der Waals surface area contributed by atoms with Gasteiger partial charge >= 0.3 is 6.18 Å². The van der Waals surface area contributed by atoms with Crippen molar-refractivity contribution in [2.45, 2.75) is 24.8 Å². The van der Waals surface area contributed by atoms with E-state index in [9.17, 15) is 21.6 Å². The van der Waals surface area contributed by atoms with Gasteiger partial charge in [-0.25, -0.2) is 13.1 Å². The van der Waals surface area contributed by atoms with Gasteiger partial charge in [0.05, 0.1) is 0 Å². The monoisotopic (exact) mass is 205 g/mol. The van der Waals surface area contributed by atoms with E-state index in [-0.39, 0.29) is 0 Å². The van der Waals surface area contributed by atoms with Crippen LogP contribution in [-0.2, 0) is 10.0 Å². The Hall–Kier alpha value is -0.300. The van der Waals surface area contributed by atoms with Crippen molar-refractivity contribution in [3.63, 3.8) is 0 Å². The smallest absolute Gasteiger partial charge is 0.218 e. The standard InChI is InChI=1S/C5H10F3NO2S/c1-4(2,5(6,7)8)12(10,11)9-3/h9H,1-3H3. The van der Waals surface area contributed by atoms with E-state index in [1.165, 1.54) is 0 Å². The molecule has 0 aromatic carbocycles. The second-order valence-corrected chi connectivity index (χ2v) is 5.15. The minimum atomic E-state index is -4.77. The molecule has 0 bridgehead atoms. The Labute approximate surface area is 69.0 Å². The average Bonchev–Trinajstić information content (AvgIpc) is 1.85. The van der Waals surface area contributed by atoms with Gasteiger partial charge < -0.3 is 0 Å². The number of alkyl halides is 3. The number of sulfonamides is 1. The molecule has 0 aliphatic rings. The molecule has 0 unspecified atom stereocenters. The summed E-state index contributed by atoms with van der Waals surface area (Å²) in [6.07, 6.45) is -4.77. The molecule has 74 valence electrons. The molecule has 0 aromatic rings. The van der Waals surface area contributed by atoms with Gasteiger partial charge in [-0.15, -0.1) is 0 Å². The van der Waals surface area contributed by atoms with E-state index in [0.29, 0.717) is 13.8 Å². The molecule has 0 heterocycles. The summed E-state index contributed by atoms with van der Waals surface area (Å²) in [5, 5.41) is 0. The van der Waals surface area contributed by atoms with Crippen LogP contribution in [0.25, 0.3) is 0 Å². The van der Waals surface area contributed by atoms with E-state index < -0.39 is 20.9 Å². The van der Waals surface area contributed by atoms with Gasteiger partial charge in [0.25, 0.3) is 0 Å². The maximum Gasteiger partial charge on any atom is 0.408 e. The summed E-state index contributed by atoms with van der Waals surface area (Å²) in [6, 6.07) is 0. The summed E-state index contributed by atoms with van der Waals surface area (Å²) >= 11 is 0. The lowest BCUT2D eigenvalue weighted by Gasteiger charge is -2.26. The largest absolute Gasteiger partial charge is 0.408 e. The number of nitrogens with one attached hydrogen (secondary N) is 1. The zero-order chi connectivity index (χ0) is 10.2. The van der Waals surface area contributed by atoms with Crippen LogP contribution in [0.1, 0.15) is 13.8 Å². The Balaban J connectivity index is 5.14. The first kappa shape index (κ1) is 11.7. The quantitative estimate of drug-likeness (QED) is 0.727. The first-order valence-electron chi connectivity index (χ1n) is 3.06. The molecular formula is C5H10F3NO2S. The first-order valence-corrected chi connectivity index (χ1v) is 4.54. The normalized spacial score (nSPS) is 14.8. The highest BCUT2D eigenvalue weighted by molar-refractivity contribution is 7.90. The lowest BCUT2D eigenvalue weighted by atomic mass is 10.2. The zero-order valence-electron chi connectivity index (χ0n) is 6.86. The molecule has 0 aliphatic heterocycles. The predicted octanol–water partition coefficient (Wildman–Crippen LogP) is 0.877. The predicted molar refractivity (Wildman–Crippen MR) is 38.1 cm³/mol. The number of hydrogen-bond donors (Lipinski definition) is 1. The molecule has 0 aromatic heterocycles. The van der Waals surface area contributed by atoms with Crippen LogP contribution < -0.4 is 4.72 Å². The molecule has 0 fully saturated rings. The highest BCUT2D eigenvalue weighted by Crippen LogP contribution is 2.35. The molecule has 1 N–H and O–H groups in total. The number of hydrogen-bond acceptors (Lipinski definition) is 2. The van der Waals surface area contributed by atoms with Crippen LogP contribution in [0.5, 0.6) is 0 Å². The van der Waals surface area contributed by atoms with Gasteiger partial charge in [0.15, 0.2) is 4.75 Å². The van der Waals surface area contributed by atoms with Gasteiger partial charge in [-0.05, 0) is 20.9 Å². The van der Waals surface area contributed by atoms with Crippen molar-refractivity contribution in [2.75, 3.05) is 7.05 Å². The molecule has 12 heavy (non-hydrogen) atoms. The third-order valence-electron chi connectivity index (χ3n) is 1.62. The fourth-order valence-corrected chi connectivity index (χ4v) is 1.22. The zero-order valence-corrected chi connectivity index (χ0v) is 7.68. The second kappa shape index (κ2) is 2.88. The van der Waals surface area contributed by atoms with Crippen molar-refractivity contribution in [2.24, 2.45) is 0 Å². The summed E-state index contributed by atoms with van der Waals surface area (Å²) in [6.45, 7) is 1.22. The SMILES string of the molecule is CNS(=O)(=O)C(C)(C)C(F)(F)F. The van der Waals surface area contributed by atoms with E-state index in [0.717, 1.165) is 7.05 Å². The van der Waals surface area contributed by atoms with Crippen LogP contribution in [0.4, 0.5) is 13.2 Å². The minimum Gasteiger partial charge on any atom is -0.218 e. The lowest BCUT2D eigenvalue weighted by molar-refractivity contribution is -0.153. The van der Waals surface area contributed by atoms with Crippen molar-refractivity contribution in [3.05, 3.63) is 0 Å². The first-order chi connectivity index (χ1) is 5.06. The summed E-state index contributed by atoms with van der Waals surface area (Å²) in [7, 11) is -3.38. The van der Waals surface area contributed by atoms with Crippen LogP contribution in [0.3, 0.4) is 0 Å².